The van der Waals surface area contributed by atoms with Gasteiger partial charge >= 0.3 is 0 Å². The molecule has 0 unspecified atom stereocenters. The first kappa shape index (κ1) is 9.52. The van der Waals surface area contributed by atoms with E-state index in [1.54, 1.807) is 0 Å². The van der Waals surface area contributed by atoms with Crippen molar-refractivity contribution in [3.05, 3.63) is 42.5 Å². The number of nitrogens with zero attached hydrogens (tertiary/aromatic N) is 1. The Morgan fingerprint density at radius 2 is 1.92 bits per heavy atom. The number of hydrogen-bond acceptors (Lipinski definition) is 2. The smallest absolute Gasteiger partial charge is 0.106 e. The van der Waals surface area contributed by atoms with Crippen LogP contribution >= 0.6 is 0 Å². The van der Waals surface area contributed by atoms with Crippen molar-refractivity contribution in [1.29, 1.82) is 0 Å². The molecule has 0 saturated heterocycles. The summed E-state index contributed by atoms with van der Waals surface area (Å²) in [4.78, 5) is 4.67. The van der Waals surface area contributed by atoms with Gasteiger partial charge in [-0.05, 0) is 18.1 Å². The Balaban J connectivity index is 2.86. The van der Waals surface area contributed by atoms with Crippen molar-refractivity contribution in [3.63, 3.8) is 0 Å². The number of benzene rings is 1. The average Bonchev–Trinajstić information content (AvgIpc) is 2.18. The van der Waals surface area contributed by atoms with Crippen LogP contribution in [0.25, 0.3) is 5.57 Å². The molecule has 0 aliphatic rings. The molecule has 0 saturated carbocycles. The molecule has 0 atom stereocenters. The van der Waals surface area contributed by atoms with Crippen LogP contribution in [0, 0.1) is 0 Å². The lowest BCUT2D eigenvalue weighted by Gasteiger charge is -2.03. The van der Waals surface area contributed by atoms with E-state index in [-0.39, 0.29) is 0 Å². The van der Waals surface area contributed by atoms with Crippen LogP contribution in [0.2, 0.25) is 0 Å². The lowest BCUT2D eigenvalue weighted by molar-refractivity contribution is 0.214. The summed E-state index contributed by atoms with van der Waals surface area (Å²) in [6.07, 6.45) is 0. The molecule has 0 N–H and O–H groups in total. The molecule has 2 nitrogen and oxygen atoms in total. The van der Waals surface area contributed by atoms with Crippen LogP contribution in [0.1, 0.15) is 12.5 Å². The van der Waals surface area contributed by atoms with Crippen LogP contribution in [0.15, 0.2) is 42.1 Å². The van der Waals surface area contributed by atoms with Gasteiger partial charge in [0.05, 0.1) is 5.71 Å². The number of rotatable bonds is 3. The van der Waals surface area contributed by atoms with Gasteiger partial charge < -0.3 is 4.84 Å². The topological polar surface area (TPSA) is 21.6 Å². The van der Waals surface area contributed by atoms with E-state index in [2.05, 4.69) is 16.6 Å². The van der Waals surface area contributed by atoms with Crippen molar-refractivity contribution in [2.45, 2.75) is 6.92 Å². The normalized spacial score (nSPS) is 11.1. The first-order valence-electron chi connectivity index (χ1n) is 4.08. The second kappa shape index (κ2) is 4.45. The molecule has 0 aliphatic heterocycles. The van der Waals surface area contributed by atoms with Gasteiger partial charge in [0.1, 0.15) is 7.11 Å². The van der Waals surface area contributed by atoms with E-state index in [0.29, 0.717) is 0 Å². The fourth-order valence-corrected chi connectivity index (χ4v) is 1.04. The van der Waals surface area contributed by atoms with Crippen LogP contribution in [0.3, 0.4) is 0 Å². The minimum Gasteiger partial charge on any atom is -0.399 e. The minimum atomic E-state index is 0.800. The number of allylic oxidation sites excluding steroid dienone is 1. The van der Waals surface area contributed by atoms with E-state index in [9.17, 15) is 0 Å². The fraction of sp³-hybridized carbons (Fsp3) is 0.182. The maximum absolute atomic E-state index is 4.67. The SMILES string of the molecule is C=C(/C(C)=N/OC)c1ccccc1. The van der Waals surface area contributed by atoms with Gasteiger partial charge in [0.25, 0.3) is 0 Å². The average molecular weight is 175 g/mol. The van der Waals surface area contributed by atoms with Gasteiger partial charge in [0, 0.05) is 0 Å². The lowest BCUT2D eigenvalue weighted by Crippen LogP contribution is -1.95. The predicted molar refractivity (Wildman–Crippen MR) is 55.6 cm³/mol. The first-order valence-corrected chi connectivity index (χ1v) is 4.08. The van der Waals surface area contributed by atoms with E-state index in [4.69, 9.17) is 0 Å². The van der Waals surface area contributed by atoms with Crippen molar-refractivity contribution < 1.29 is 4.84 Å². The standard InChI is InChI=1S/C11H13NO/c1-9(10(2)12-13-3)11-7-5-4-6-8-11/h4-8H,1H2,2-3H3/b12-10+. The van der Waals surface area contributed by atoms with Gasteiger partial charge in [-0.3, -0.25) is 0 Å². The van der Waals surface area contributed by atoms with Crippen molar-refractivity contribution >= 4 is 11.3 Å². The van der Waals surface area contributed by atoms with E-state index in [0.717, 1.165) is 16.8 Å². The van der Waals surface area contributed by atoms with Gasteiger partial charge in [0.15, 0.2) is 0 Å². The van der Waals surface area contributed by atoms with Gasteiger partial charge in [-0.2, -0.15) is 0 Å². The number of hydrogen-bond donors (Lipinski definition) is 0. The highest BCUT2D eigenvalue weighted by Gasteiger charge is 2.01. The molecule has 13 heavy (non-hydrogen) atoms. The molecule has 0 heterocycles. The van der Waals surface area contributed by atoms with Crippen LogP contribution in [-0.4, -0.2) is 12.8 Å². The zero-order chi connectivity index (χ0) is 9.68. The van der Waals surface area contributed by atoms with Crippen LogP contribution < -0.4 is 0 Å². The van der Waals surface area contributed by atoms with Crippen molar-refractivity contribution in [1.82, 2.24) is 0 Å². The Hall–Kier alpha value is -1.57. The second-order valence-electron chi connectivity index (χ2n) is 2.70. The van der Waals surface area contributed by atoms with Crippen molar-refractivity contribution in [2.75, 3.05) is 7.11 Å². The van der Waals surface area contributed by atoms with Crippen LogP contribution in [-0.2, 0) is 4.84 Å². The van der Waals surface area contributed by atoms with Crippen LogP contribution in [0.4, 0.5) is 0 Å². The molecule has 68 valence electrons. The summed E-state index contributed by atoms with van der Waals surface area (Å²) in [5, 5.41) is 3.82. The quantitative estimate of drug-likeness (QED) is 0.511. The molecule has 1 aromatic rings. The predicted octanol–water partition coefficient (Wildman–Crippen LogP) is 2.72. The molecule has 0 amide bonds. The lowest BCUT2D eigenvalue weighted by atomic mass is 10.0. The van der Waals surface area contributed by atoms with Gasteiger partial charge in [-0.25, -0.2) is 0 Å². The highest BCUT2D eigenvalue weighted by molar-refractivity contribution is 6.21. The minimum absolute atomic E-state index is 0.800. The zero-order valence-electron chi connectivity index (χ0n) is 7.95. The van der Waals surface area contributed by atoms with E-state index in [1.807, 2.05) is 37.3 Å². The highest BCUT2D eigenvalue weighted by atomic mass is 16.6. The second-order valence-corrected chi connectivity index (χ2v) is 2.70. The molecule has 0 bridgehead atoms. The molecule has 2 heteroatoms. The van der Waals surface area contributed by atoms with Crippen molar-refractivity contribution in [2.24, 2.45) is 5.16 Å². The zero-order valence-corrected chi connectivity index (χ0v) is 7.95. The molecule has 0 fully saturated rings. The third-order valence-corrected chi connectivity index (χ3v) is 1.79. The summed E-state index contributed by atoms with van der Waals surface area (Å²) in [6.45, 7) is 5.81. The Labute approximate surface area is 78.5 Å². The molecular weight excluding hydrogens is 162 g/mol. The van der Waals surface area contributed by atoms with Gasteiger partial charge in [-0.15, -0.1) is 0 Å². The highest BCUT2D eigenvalue weighted by Crippen LogP contribution is 2.13. The Morgan fingerprint density at radius 3 is 2.46 bits per heavy atom. The third kappa shape index (κ3) is 2.44. The maximum Gasteiger partial charge on any atom is 0.106 e. The summed E-state index contributed by atoms with van der Waals surface area (Å²) < 4.78 is 0. The summed E-state index contributed by atoms with van der Waals surface area (Å²) in [5.41, 5.74) is 2.76. The molecule has 0 radical (unpaired) electrons. The Morgan fingerprint density at radius 1 is 1.31 bits per heavy atom. The molecule has 0 aromatic heterocycles. The Bertz CT molecular complexity index is 314. The van der Waals surface area contributed by atoms with E-state index in [1.165, 1.54) is 7.11 Å². The van der Waals surface area contributed by atoms with Crippen LogP contribution in [0.5, 0.6) is 0 Å². The summed E-state index contributed by atoms with van der Waals surface area (Å²) in [6, 6.07) is 9.91. The van der Waals surface area contributed by atoms with Gasteiger partial charge in [-0.1, -0.05) is 42.1 Å². The van der Waals surface area contributed by atoms with Crippen molar-refractivity contribution in [3.8, 4) is 0 Å². The van der Waals surface area contributed by atoms with E-state index < -0.39 is 0 Å². The third-order valence-electron chi connectivity index (χ3n) is 1.79. The summed E-state index contributed by atoms with van der Waals surface area (Å²) in [5.74, 6) is 0. The molecule has 0 aliphatic carbocycles. The fourth-order valence-electron chi connectivity index (χ4n) is 1.04. The monoisotopic (exact) mass is 175 g/mol. The largest absolute Gasteiger partial charge is 0.399 e. The maximum atomic E-state index is 4.67. The Kier molecular flexibility index (Phi) is 3.26. The number of oxime groups is 1. The van der Waals surface area contributed by atoms with Gasteiger partial charge in [0.2, 0.25) is 0 Å². The molecule has 1 aromatic carbocycles. The molecule has 1 rings (SSSR count). The van der Waals surface area contributed by atoms with E-state index >= 15 is 0 Å². The summed E-state index contributed by atoms with van der Waals surface area (Å²) in [7, 11) is 1.53. The summed E-state index contributed by atoms with van der Waals surface area (Å²) >= 11 is 0. The first-order chi connectivity index (χ1) is 6.25. The molecule has 0 spiro atoms. The molecular formula is C11H13NO.